The van der Waals surface area contributed by atoms with Crippen molar-refractivity contribution in [1.82, 2.24) is 15.5 Å². The van der Waals surface area contributed by atoms with Crippen LogP contribution in [0.5, 0.6) is 0 Å². The van der Waals surface area contributed by atoms with E-state index in [4.69, 9.17) is 14.2 Å². The zero-order valence-corrected chi connectivity index (χ0v) is 33.5. The summed E-state index contributed by atoms with van der Waals surface area (Å²) in [6.07, 6.45) is 2.60. The molecular formula is C48H53N3O8. The average Bonchev–Trinajstić information content (AvgIpc) is 3.58. The van der Waals surface area contributed by atoms with Crippen LogP contribution in [0.1, 0.15) is 65.5 Å². The Morgan fingerprint density at radius 2 is 1.49 bits per heavy atom. The number of methoxy groups -OCH3 is 1. The summed E-state index contributed by atoms with van der Waals surface area (Å²) in [5, 5.41) is 15.9. The van der Waals surface area contributed by atoms with Crippen molar-refractivity contribution < 1.29 is 38.5 Å². The molecule has 11 heteroatoms. The maximum atomic E-state index is 14.1. The minimum atomic E-state index is -1.10. The molecule has 4 aromatic rings. The van der Waals surface area contributed by atoms with Gasteiger partial charge in [0.1, 0.15) is 18.8 Å². The summed E-state index contributed by atoms with van der Waals surface area (Å²) in [5.41, 5.74) is 6.99. The van der Waals surface area contributed by atoms with Gasteiger partial charge >= 0.3 is 12.1 Å². The van der Waals surface area contributed by atoms with Crippen LogP contribution in [0, 0.1) is 5.92 Å². The van der Waals surface area contributed by atoms with Crippen LogP contribution in [0.25, 0.3) is 11.1 Å². The van der Waals surface area contributed by atoms with Crippen LogP contribution in [0.4, 0.5) is 4.79 Å². The molecule has 11 nitrogen and oxygen atoms in total. The van der Waals surface area contributed by atoms with E-state index in [9.17, 15) is 24.3 Å². The molecule has 0 saturated heterocycles. The molecule has 59 heavy (non-hydrogen) atoms. The van der Waals surface area contributed by atoms with Crippen LogP contribution >= 0.6 is 0 Å². The lowest BCUT2D eigenvalue weighted by molar-refractivity contribution is -0.155. The molecule has 2 aliphatic rings. The van der Waals surface area contributed by atoms with E-state index in [1.807, 2.05) is 66.7 Å². The fourth-order valence-electron chi connectivity index (χ4n) is 8.09. The Balaban J connectivity index is 1.16. The number of carbonyl (C=O) groups is 4. The van der Waals surface area contributed by atoms with E-state index in [-0.39, 0.29) is 50.9 Å². The van der Waals surface area contributed by atoms with Crippen LogP contribution in [-0.4, -0.2) is 78.9 Å². The molecule has 0 saturated carbocycles. The number of aliphatic hydroxyl groups is 1. The Kier molecular flexibility index (Phi) is 14.9. The first-order valence-corrected chi connectivity index (χ1v) is 20.1. The van der Waals surface area contributed by atoms with Gasteiger partial charge in [0.05, 0.1) is 31.2 Å². The number of nitrogens with one attached hydrogen (secondary N) is 2. The zero-order chi connectivity index (χ0) is 41.7. The van der Waals surface area contributed by atoms with Gasteiger partial charge in [-0.15, -0.1) is 13.2 Å². The number of aliphatic hydroxyl groups excluding tert-OH is 1. The first kappa shape index (κ1) is 42.6. The minimum Gasteiger partial charge on any atom is -0.454 e. The van der Waals surface area contributed by atoms with Gasteiger partial charge in [0, 0.05) is 26.0 Å². The molecule has 0 aromatic heterocycles. The van der Waals surface area contributed by atoms with E-state index in [1.165, 1.54) is 7.11 Å². The van der Waals surface area contributed by atoms with Gasteiger partial charge in [0.15, 0.2) is 0 Å². The molecule has 3 N–H and O–H groups in total. The Morgan fingerprint density at radius 3 is 2.14 bits per heavy atom. The van der Waals surface area contributed by atoms with Crippen molar-refractivity contribution in [3.63, 3.8) is 0 Å². The summed E-state index contributed by atoms with van der Waals surface area (Å²) >= 11 is 0. The second-order valence-corrected chi connectivity index (χ2v) is 15.0. The number of rotatable bonds is 19. The van der Waals surface area contributed by atoms with Gasteiger partial charge in [0.25, 0.3) is 0 Å². The Hall–Kier alpha value is -6.04. The Bertz CT molecular complexity index is 2060. The molecule has 5 atom stereocenters. The molecule has 1 aliphatic heterocycles. The summed E-state index contributed by atoms with van der Waals surface area (Å²) in [5.74, 6) is -2.42. The predicted octanol–water partition coefficient (Wildman–Crippen LogP) is 6.80. The van der Waals surface area contributed by atoms with E-state index >= 15 is 0 Å². The summed E-state index contributed by atoms with van der Waals surface area (Å²) in [7, 11) is 1.47. The molecule has 0 bridgehead atoms. The number of alkyl carbamates (subject to hydrolysis) is 1. The smallest absolute Gasteiger partial charge is 0.407 e. The highest BCUT2D eigenvalue weighted by atomic mass is 16.6. The summed E-state index contributed by atoms with van der Waals surface area (Å²) in [4.78, 5) is 57.0. The molecule has 6 rings (SSSR count). The quantitative estimate of drug-likeness (QED) is 0.0695. The number of fused-ring (bicyclic) bond motifs is 4. The van der Waals surface area contributed by atoms with Crippen LogP contribution < -0.4 is 10.6 Å². The van der Waals surface area contributed by atoms with Crippen LogP contribution in [0.15, 0.2) is 128 Å². The fraction of sp³-hybridized carbons (Fsp3) is 0.333. The molecule has 1 aliphatic carbocycles. The highest BCUT2D eigenvalue weighted by Gasteiger charge is 2.36. The highest BCUT2D eigenvalue weighted by molar-refractivity contribution is 5.87. The van der Waals surface area contributed by atoms with Crippen LogP contribution in [-0.2, 0) is 41.6 Å². The normalized spacial score (nSPS) is 16.2. The van der Waals surface area contributed by atoms with Gasteiger partial charge in [-0.3, -0.25) is 9.59 Å². The standard InChI is InChI=1S/C48H53N3O8/c1-4-6-25-42(50-48(56)58-30-41-39-23-14-12-21-37(39)38-22-13-15-24-40(38)41)47(55)59-45(32-17-8-7-9-18-32)43(31-57-3)49-46(54)34(16-5-2)27-44(53)51-28-35-20-11-10-19-33(35)26-36(51)29-52/h4-5,7-15,17-24,34,36,41-43,45,52H,1-2,6,16,25-31H2,3H3,(H,49,54)(H,50,56)/t34-,36-,42-,43-,45-/m0/s1. The summed E-state index contributed by atoms with van der Waals surface area (Å²) < 4.78 is 17.5. The van der Waals surface area contributed by atoms with Gasteiger partial charge in [-0.2, -0.15) is 0 Å². The third-order valence-electron chi connectivity index (χ3n) is 11.1. The lowest BCUT2D eigenvalue weighted by atomic mass is 9.92. The summed E-state index contributed by atoms with van der Waals surface area (Å²) in [6.45, 7) is 7.77. The lowest BCUT2D eigenvalue weighted by Crippen LogP contribution is -2.50. The second-order valence-electron chi connectivity index (χ2n) is 15.0. The van der Waals surface area contributed by atoms with E-state index in [2.05, 4.69) is 35.9 Å². The monoisotopic (exact) mass is 799 g/mol. The van der Waals surface area contributed by atoms with E-state index in [1.54, 1.807) is 41.3 Å². The van der Waals surface area contributed by atoms with Gasteiger partial charge in [-0.25, -0.2) is 9.59 Å². The Labute approximate surface area is 346 Å². The third-order valence-corrected chi connectivity index (χ3v) is 11.1. The van der Waals surface area contributed by atoms with Crippen LogP contribution in [0.3, 0.4) is 0 Å². The largest absolute Gasteiger partial charge is 0.454 e. The number of hydrogen-bond acceptors (Lipinski definition) is 8. The topological polar surface area (TPSA) is 144 Å². The molecular weight excluding hydrogens is 747 g/mol. The first-order valence-electron chi connectivity index (χ1n) is 20.1. The van der Waals surface area contributed by atoms with Gasteiger partial charge in [-0.05, 0) is 64.6 Å². The molecule has 0 fully saturated rings. The number of allylic oxidation sites excluding steroid dienone is 2. The van der Waals surface area contributed by atoms with Gasteiger partial charge < -0.3 is 34.9 Å². The van der Waals surface area contributed by atoms with Gasteiger partial charge in [0.2, 0.25) is 11.8 Å². The third kappa shape index (κ3) is 10.3. The van der Waals surface area contributed by atoms with Crippen molar-refractivity contribution in [2.24, 2.45) is 5.92 Å². The number of benzene rings is 4. The van der Waals surface area contributed by atoms with Crippen molar-refractivity contribution >= 4 is 23.9 Å². The highest BCUT2D eigenvalue weighted by Crippen LogP contribution is 2.44. The molecule has 3 amide bonds. The molecule has 1 heterocycles. The van der Waals surface area contributed by atoms with E-state index in [0.717, 1.165) is 33.4 Å². The van der Waals surface area contributed by atoms with Crippen molar-refractivity contribution in [1.29, 1.82) is 0 Å². The van der Waals surface area contributed by atoms with Crippen molar-refractivity contribution in [2.75, 3.05) is 26.9 Å². The van der Waals surface area contributed by atoms with Crippen molar-refractivity contribution in [3.8, 4) is 11.1 Å². The zero-order valence-electron chi connectivity index (χ0n) is 33.5. The second kappa shape index (κ2) is 20.6. The SMILES string of the molecule is C=CCC[C@H](NC(=O)OCC1c2ccccc2-c2ccccc21)C(=O)O[C@@H](c1ccccc1)[C@H](COC)NC(=O)[C@@H](CC=C)CC(=O)N1Cc2ccccc2C[C@H]1CO. The van der Waals surface area contributed by atoms with Crippen LogP contribution in [0.2, 0.25) is 0 Å². The number of amides is 3. The van der Waals surface area contributed by atoms with Crippen molar-refractivity contribution in [3.05, 3.63) is 156 Å². The number of ether oxygens (including phenoxy) is 3. The molecule has 0 radical (unpaired) electrons. The molecule has 0 unspecified atom stereocenters. The predicted molar refractivity (Wildman–Crippen MR) is 225 cm³/mol. The lowest BCUT2D eigenvalue weighted by Gasteiger charge is -2.37. The number of nitrogens with zero attached hydrogens (tertiary/aromatic N) is 1. The summed E-state index contributed by atoms with van der Waals surface area (Å²) in [6, 6.07) is 30.4. The van der Waals surface area contributed by atoms with E-state index < -0.39 is 48.1 Å². The number of hydrogen-bond donors (Lipinski definition) is 3. The maximum absolute atomic E-state index is 14.1. The van der Waals surface area contributed by atoms with Gasteiger partial charge in [-0.1, -0.05) is 115 Å². The minimum absolute atomic E-state index is 0.0417. The Morgan fingerprint density at radius 1 is 0.847 bits per heavy atom. The number of carbonyl (C=O) groups excluding carboxylic acids is 4. The van der Waals surface area contributed by atoms with E-state index in [0.29, 0.717) is 24.9 Å². The first-order chi connectivity index (χ1) is 28.8. The molecule has 0 spiro atoms. The maximum Gasteiger partial charge on any atom is 0.407 e. The molecule has 4 aromatic carbocycles. The molecule has 308 valence electrons. The fourth-order valence-corrected chi connectivity index (χ4v) is 8.09. The number of esters is 1. The van der Waals surface area contributed by atoms with Crippen molar-refractivity contribution in [2.45, 2.75) is 68.8 Å². The average molecular weight is 800 g/mol.